The number of nitrogens with two attached hydrogens (primary N) is 1. The summed E-state index contributed by atoms with van der Waals surface area (Å²) in [6, 6.07) is 2.94. The number of aliphatic hydroxyl groups excluding tert-OH is 1. The van der Waals surface area contributed by atoms with E-state index in [1.807, 2.05) is 13.8 Å². The average Bonchev–Trinajstić information content (AvgIpc) is 2.72. The number of aromatic hydroxyl groups is 1. The van der Waals surface area contributed by atoms with E-state index >= 15 is 0 Å². The number of carbonyl (C=O) groups excluding carboxylic acids is 4. The Bertz CT molecular complexity index is 885. The Morgan fingerprint density at radius 1 is 1.14 bits per heavy atom. The lowest BCUT2D eigenvalue weighted by Crippen LogP contribution is -2.55. The van der Waals surface area contributed by atoms with Gasteiger partial charge < -0.3 is 36.2 Å². The molecule has 6 N–H and O–H groups in total. The molecule has 1 rings (SSSR count). The number of nitrogens with zero attached hydrogens (tertiary/aromatic N) is 1. The largest absolute Gasteiger partial charge is 0.508 e. The Kier molecular flexibility index (Phi) is 11.5. The molecule has 0 aliphatic rings. The molecule has 0 saturated heterocycles. The van der Waals surface area contributed by atoms with Crippen LogP contribution in [0.5, 0.6) is 5.75 Å². The minimum absolute atomic E-state index is 0.116. The molecule has 0 bridgehead atoms. The van der Waals surface area contributed by atoms with Crippen molar-refractivity contribution in [2.75, 3.05) is 13.2 Å². The third kappa shape index (κ3) is 9.81. The van der Waals surface area contributed by atoms with Crippen LogP contribution in [-0.2, 0) is 19.1 Å². The van der Waals surface area contributed by atoms with E-state index in [0.29, 0.717) is 6.42 Å². The maximum Gasteiger partial charge on any atom is 0.408 e. The van der Waals surface area contributed by atoms with Gasteiger partial charge in [-0.2, -0.15) is 0 Å². The summed E-state index contributed by atoms with van der Waals surface area (Å²) in [6.45, 7) is 7.81. The Hall–Kier alpha value is -3.34. The van der Waals surface area contributed by atoms with Gasteiger partial charge in [-0.05, 0) is 40.2 Å². The van der Waals surface area contributed by atoms with Crippen LogP contribution in [0.25, 0.3) is 0 Å². The molecule has 0 heterocycles. The second kappa shape index (κ2) is 13.5. The number of nitrogens with one attached hydrogen (secondary N) is 2. The number of para-hydroxylation sites is 1. The number of aliphatic hydroxyl groups is 1. The SMILES string of the molecule is CCCC(C)NC(=O)C(c1ccccc1O)N(CCO)C(=O)C(CC(N)=O)NC(=O)OC(C)(C)C. The highest BCUT2D eigenvalue weighted by Gasteiger charge is 2.38. The Morgan fingerprint density at radius 2 is 1.77 bits per heavy atom. The molecule has 0 radical (unpaired) electrons. The number of amides is 4. The van der Waals surface area contributed by atoms with E-state index in [1.165, 1.54) is 12.1 Å². The lowest BCUT2D eigenvalue weighted by molar-refractivity contribution is -0.144. The van der Waals surface area contributed by atoms with Gasteiger partial charge in [-0.3, -0.25) is 14.4 Å². The van der Waals surface area contributed by atoms with Gasteiger partial charge in [0.25, 0.3) is 0 Å². The van der Waals surface area contributed by atoms with Gasteiger partial charge in [0.05, 0.1) is 13.0 Å². The highest BCUT2D eigenvalue weighted by molar-refractivity contribution is 5.94. The summed E-state index contributed by atoms with van der Waals surface area (Å²) in [5.74, 6) is -2.55. The zero-order valence-corrected chi connectivity index (χ0v) is 21.0. The van der Waals surface area contributed by atoms with Gasteiger partial charge >= 0.3 is 6.09 Å². The van der Waals surface area contributed by atoms with Crippen LogP contribution in [0, 0.1) is 0 Å². The fraction of sp³-hybridized carbons (Fsp3) is 0.583. The fourth-order valence-electron chi connectivity index (χ4n) is 3.52. The molecule has 11 heteroatoms. The van der Waals surface area contributed by atoms with E-state index in [9.17, 15) is 29.4 Å². The predicted molar refractivity (Wildman–Crippen MR) is 129 cm³/mol. The predicted octanol–water partition coefficient (Wildman–Crippen LogP) is 1.33. The second-order valence-electron chi connectivity index (χ2n) is 9.28. The summed E-state index contributed by atoms with van der Waals surface area (Å²) in [6.07, 6.45) is -0.0391. The monoisotopic (exact) mass is 494 g/mol. The molecule has 0 aliphatic carbocycles. The van der Waals surface area contributed by atoms with Crippen molar-refractivity contribution in [3.05, 3.63) is 29.8 Å². The zero-order valence-electron chi connectivity index (χ0n) is 21.0. The summed E-state index contributed by atoms with van der Waals surface area (Å²) in [5.41, 5.74) is 4.55. The lowest BCUT2D eigenvalue weighted by atomic mass is 10.0. The van der Waals surface area contributed by atoms with Gasteiger partial charge in [0, 0.05) is 18.2 Å². The first-order valence-corrected chi connectivity index (χ1v) is 11.6. The molecule has 1 aromatic rings. The number of phenols is 1. The summed E-state index contributed by atoms with van der Waals surface area (Å²) >= 11 is 0. The van der Waals surface area contributed by atoms with Crippen LogP contribution in [-0.4, -0.2) is 69.8 Å². The second-order valence-corrected chi connectivity index (χ2v) is 9.28. The molecule has 3 unspecified atom stereocenters. The van der Waals surface area contributed by atoms with E-state index < -0.39 is 54.5 Å². The quantitative estimate of drug-likeness (QED) is 0.292. The Morgan fingerprint density at radius 3 is 2.29 bits per heavy atom. The van der Waals surface area contributed by atoms with Crippen LogP contribution in [0.3, 0.4) is 0 Å². The maximum atomic E-state index is 13.6. The van der Waals surface area contributed by atoms with Crippen LogP contribution in [0.15, 0.2) is 24.3 Å². The highest BCUT2D eigenvalue weighted by Crippen LogP contribution is 2.30. The number of phenolic OH excluding ortho intramolecular Hbond substituents is 1. The standard InChI is InChI=1S/C24H38N4O7/c1-6-9-15(2)26-21(32)20(16-10-7-8-11-18(16)30)28(12-13-29)22(33)17(14-19(25)31)27-23(34)35-24(3,4)5/h7-8,10-11,15,17,20,29-30H,6,9,12-14H2,1-5H3,(H2,25,31)(H,26,32)(H,27,34). The van der Waals surface area contributed by atoms with Crippen LogP contribution in [0.1, 0.15) is 65.5 Å². The summed E-state index contributed by atoms with van der Waals surface area (Å²) in [4.78, 5) is 52.0. The van der Waals surface area contributed by atoms with E-state index in [0.717, 1.165) is 11.3 Å². The van der Waals surface area contributed by atoms with Gasteiger partial charge in [0.2, 0.25) is 17.7 Å². The smallest absolute Gasteiger partial charge is 0.408 e. The van der Waals surface area contributed by atoms with Crippen molar-refractivity contribution in [3.63, 3.8) is 0 Å². The first kappa shape index (κ1) is 29.7. The minimum Gasteiger partial charge on any atom is -0.508 e. The van der Waals surface area contributed by atoms with Crippen molar-refractivity contribution in [1.29, 1.82) is 0 Å². The molecule has 0 fully saturated rings. The molecule has 0 saturated carbocycles. The average molecular weight is 495 g/mol. The van der Waals surface area contributed by atoms with Crippen molar-refractivity contribution >= 4 is 23.8 Å². The van der Waals surface area contributed by atoms with E-state index in [-0.39, 0.29) is 23.9 Å². The van der Waals surface area contributed by atoms with Gasteiger partial charge in [-0.1, -0.05) is 31.5 Å². The normalized spacial score (nSPS) is 13.8. The number of carbonyl (C=O) groups is 4. The van der Waals surface area contributed by atoms with Crippen molar-refractivity contribution in [2.24, 2.45) is 5.73 Å². The third-order valence-electron chi connectivity index (χ3n) is 4.92. The van der Waals surface area contributed by atoms with Crippen LogP contribution in [0.4, 0.5) is 4.79 Å². The van der Waals surface area contributed by atoms with Gasteiger partial charge in [-0.15, -0.1) is 0 Å². The summed E-state index contributed by atoms with van der Waals surface area (Å²) in [5, 5.41) is 25.3. The molecule has 0 aromatic heterocycles. The number of hydrogen-bond acceptors (Lipinski definition) is 7. The van der Waals surface area contributed by atoms with Crippen molar-refractivity contribution in [3.8, 4) is 5.75 Å². The molecule has 0 aliphatic heterocycles. The number of primary amides is 1. The van der Waals surface area contributed by atoms with E-state index in [2.05, 4.69) is 10.6 Å². The van der Waals surface area contributed by atoms with Crippen molar-refractivity contribution in [1.82, 2.24) is 15.5 Å². The van der Waals surface area contributed by atoms with Crippen LogP contribution >= 0.6 is 0 Å². The summed E-state index contributed by atoms with van der Waals surface area (Å²) < 4.78 is 5.19. The molecule has 1 aromatic carbocycles. The topological polar surface area (TPSA) is 171 Å². The Balaban J connectivity index is 3.45. The van der Waals surface area contributed by atoms with Gasteiger partial charge in [-0.25, -0.2) is 4.79 Å². The van der Waals surface area contributed by atoms with Gasteiger partial charge in [0.1, 0.15) is 23.4 Å². The number of benzene rings is 1. The minimum atomic E-state index is -1.47. The van der Waals surface area contributed by atoms with Gasteiger partial charge in [0.15, 0.2) is 0 Å². The van der Waals surface area contributed by atoms with E-state index in [1.54, 1.807) is 32.9 Å². The Labute approximate surface area is 206 Å². The molecule has 3 atom stereocenters. The molecule has 196 valence electrons. The van der Waals surface area contributed by atoms with Crippen molar-refractivity contribution < 1.29 is 34.1 Å². The molecule has 11 nitrogen and oxygen atoms in total. The number of rotatable bonds is 12. The number of hydrogen-bond donors (Lipinski definition) is 5. The first-order chi connectivity index (χ1) is 16.3. The summed E-state index contributed by atoms with van der Waals surface area (Å²) in [7, 11) is 0. The lowest BCUT2D eigenvalue weighted by Gasteiger charge is -2.34. The van der Waals surface area contributed by atoms with Crippen LogP contribution < -0.4 is 16.4 Å². The molecular formula is C24H38N4O7. The molecule has 4 amide bonds. The maximum absolute atomic E-state index is 13.6. The highest BCUT2D eigenvalue weighted by atomic mass is 16.6. The van der Waals surface area contributed by atoms with E-state index in [4.69, 9.17) is 10.5 Å². The first-order valence-electron chi connectivity index (χ1n) is 11.6. The number of ether oxygens (including phenoxy) is 1. The molecule has 35 heavy (non-hydrogen) atoms. The molecule has 0 spiro atoms. The zero-order chi connectivity index (χ0) is 26.8. The third-order valence-corrected chi connectivity index (χ3v) is 4.92. The van der Waals surface area contributed by atoms with Crippen LogP contribution in [0.2, 0.25) is 0 Å². The number of alkyl carbamates (subject to hydrolysis) is 1. The molecular weight excluding hydrogens is 456 g/mol. The fourth-order valence-corrected chi connectivity index (χ4v) is 3.52. The van der Waals surface area contributed by atoms with Crippen molar-refractivity contribution in [2.45, 2.75) is 77.6 Å².